The lowest BCUT2D eigenvalue weighted by Crippen LogP contribution is -1.91. The molecule has 0 radical (unpaired) electrons. The fourth-order valence-electron chi connectivity index (χ4n) is 1.47. The summed E-state index contributed by atoms with van der Waals surface area (Å²) in [6, 6.07) is 2.26. The molecule has 0 saturated carbocycles. The Labute approximate surface area is 117 Å². The first-order valence-electron chi connectivity index (χ1n) is 5.14. The van der Waals surface area contributed by atoms with E-state index in [0.29, 0.717) is 0 Å². The Bertz CT molecular complexity index is 788. The highest BCUT2D eigenvalue weighted by Crippen LogP contribution is 2.31. The molecule has 0 bridgehead atoms. The van der Waals surface area contributed by atoms with Crippen LogP contribution in [-0.2, 0) is 0 Å². The van der Waals surface area contributed by atoms with Crippen molar-refractivity contribution >= 4 is 21.7 Å². The van der Waals surface area contributed by atoms with Crippen LogP contribution in [0.2, 0.25) is 0 Å². The standard InChI is InChI=1S/C10H4BrF2N5O2/c11-5-3(1-2-4(12)6(5)13)9-15-10(19-18-9)7-8(14)17-20-16-7/h1-2H,(H2,14,17). The highest BCUT2D eigenvalue weighted by atomic mass is 79.9. The van der Waals surface area contributed by atoms with Gasteiger partial charge < -0.3 is 10.3 Å². The molecule has 10 heteroatoms. The molecule has 102 valence electrons. The predicted molar refractivity (Wildman–Crippen MR) is 65.1 cm³/mol. The molecular formula is C10H4BrF2N5O2. The number of nitrogens with zero attached hydrogens (tertiary/aromatic N) is 4. The van der Waals surface area contributed by atoms with Crippen molar-refractivity contribution in [1.82, 2.24) is 20.5 Å². The van der Waals surface area contributed by atoms with Crippen LogP contribution in [0.4, 0.5) is 14.6 Å². The summed E-state index contributed by atoms with van der Waals surface area (Å²) < 4.78 is 35.7. The van der Waals surface area contributed by atoms with Crippen molar-refractivity contribution in [2.24, 2.45) is 0 Å². The molecule has 0 aliphatic heterocycles. The Balaban J connectivity index is 2.07. The van der Waals surface area contributed by atoms with Gasteiger partial charge in [0.05, 0.1) is 4.47 Å². The van der Waals surface area contributed by atoms with E-state index in [2.05, 4.69) is 41.0 Å². The SMILES string of the molecule is Nc1nonc1-c1nc(-c2ccc(F)c(F)c2Br)no1. The Morgan fingerprint density at radius 2 is 1.95 bits per heavy atom. The molecule has 2 aromatic heterocycles. The summed E-state index contributed by atoms with van der Waals surface area (Å²) in [6.07, 6.45) is 0. The number of hydrogen-bond acceptors (Lipinski definition) is 7. The topological polar surface area (TPSA) is 104 Å². The van der Waals surface area contributed by atoms with E-state index in [4.69, 9.17) is 10.3 Å². The molecule has 0 unspecified atom stereocenters. The van der Waals surface area contributed by atoms with Gasteiger partial charge in [0.2, 0.25) is 17.3 Å². The zero-order chi connectivity index (χ0) is 14.3. The summed E-state index contributed by atoms with van der Waals surface area (Å²) in [5, 5.41) is 10.5. The number of anilines is 1. The summed E-state index contributed by atoms with van der Waals surface area (Å²) >= 11 is 2.93. The second-order valence-corrected chi connectivity index (χ2v) is 4.44. The van der Waals surface area contributed by atoms with Crippen LogP contribution in [0.1, 0.15) is 0 Å². The molecule has 7 nitrogen and oxygen atoms in total. The Morgan fingerprint density at radius 3 is 2.65 bits per heavy atom. The van der Waals surface area contributed by atoms with Crippen LogP contribution in [-0.4, -0.2) is 20.5 Å². The molecule has 1 aromatic carbocycles. The van der Waals surface area contributed by atoms with E-state index in [1.807, 2.05) is 0 Å². The van der Waals surface area contributed by atoms with Crippen molar-refractivity contribution in [2.75, 3.05) is 5.73 Å². The fourth-order valence-corrected chi connectivity index (χ4v) is 1.97. The smallest absolute Gasteiger partial charge is 0.284 e. The highest BCUT2D eigenvalue weighted by molar-refractivity contribution is 9.10. The van der Waals surface area contributed by atoms with Crippen molar-refractivity contribution in [3.8, 4) is 23.0 Å². The Hall–Kier alpha value is -2.36. The van der Waals surface area contributed by atoms with E-state index in [1.54, 1.807) is 0 Å². The summed E-state index contributed by atoms with van der Waals surface area (Å²) in [5.41, 5.74) is 5.77. The number of rotatable bonds is 2. The maximum atomic E-state index is 13.5. The molecule has 20 heavy (non-hydrogen) atoms. The highest BCUT2D eigenvalue weighted by Gasteiger charge is 2.20. The van der Waals surface area contributed by atoms with E-state index < -0.39 is 11.6 Å². The first-order valence-corrected chi connectivity index (χ1v) is 5.93. The second kappa shape index (κ2) is 4.63. The van der Waals surface area contributed by atoms with Gasteiger partial charge in [-0.1, -0.05) is 5.16 Å². The molecular weight excluding hydrogens is 340 g/mol. The molecule has 0 saturated heterocycles. The summed E-state index contributed by atoms with van der Waals surface area (Å²) in [4.78, 5) is 3.98. The van der Waals surface area contributed by atoms with Gasteiger partial charge in [-0.15, -0.1) is 0 Å². The zero-order valence-electron chi connectivity index (χ0n) is 9.47. The molecule has 0 aliphatic carbocycles. The Morgan fingerprint density at radius 1 is 1.15 bits per heavy atom. The Kier molecular flexibility index (Phi) is 2.93. The van der Waals surface area contributed by atoms with E-state index in [9.17, 15) is 8.78 Å². The number of nitrogens with two attached hydrogens (primary N) is 1. The van der Waals surface area contributed by atoms with E-state index in [-0.39, 0.29) is 33.3 Å². The summed E-state index contributed by atoms with van der Waals surface area (Å²) in [7, 11) is 0. The van der Waals surface area contributed by atoms with Gasteiger partial charge in [-0.25, -0.2) is 13.4 Å². The van der Waals surface area contributed by atoms with E-state index in [0.717, 1.165) is 6.07 Å². The number of aromatic nitrogens is 4. The quantitative estimate of drug-likeness (QED) is 0.712. The van der Waals surface area contributed by atoms with Crippen LogP contribution in [0, 0.1) is 11.6 Å². The predicted octanol–water partition coefficient (Wildman–Crippen LogP) is 2.41. The van der Waals surface area contributed by atoms with Crippen molar-refractivity contribution < 1.29 is 17.9 Å². The van der Waals surface area contributed by atoms with Crippen LogP contribution in [0.25, 0.3) is 23.0 Å². The molecule has 0 fully saturated rings. The van der Waals surface area contributed by atoms with Crippen LogP contribution in [0.3, 0.4) is 0 Å². The van der Waals surface area contributed by atoms with Gasteiger partial charge in [0.1, 0.15) is 0 Å². The number of hydrogen-bond donors (Lipinski definition) is 1. The van der Waals surface area contributed by atoms with Crippen LogP contribution >= 0.6 is 15.9 Å². The van der Waals surface area contributed by atoms with Gasteiger partial charge in [0, 0.05) is 5.56 Å². The van der Waals surface area contributed by atoms with Gasteiger partial charge in [-0.3, -0.25) is 0 Å². The minimum Gasteiger partial charge on any atom is -0.379 e. The maximum absolute atomic E-state index is 13.5. The average molecular weight is 344 g/mol. The monoisotopic (exact) mass is 343 g/mol. The van der Waals surface area contributed by atoms with Crippen molar-refractivity contribution in [3.05, 3.63) is 28.2 Å². The summed E-state index contributed by atoms with van der Waals surface area (Å²) in [5.74, 6) is -2.07. The zero-order valence-corrected chi connectivity index (χ0v) is 11.1. The fraction of sp³-hybridized carbons (Fsp3) is 0. The third-order valence-corrected chi connectivity index (χ3v) is 3.19. The van der Waals surface area contributed by atoms with Crippen LogP contribution in [0.15, 0.2) is 25.8 Å². The normalized spacial score (nSPS) is 10.9. The van der Waals surface area contributed by atoms with Crippen molar-refractivity contribution in [3.63, 3.8) is 0 Å². The number of nitrogen functional groups attached to an aromatic ring is 1. The third-order valence-electron chi connectivity index (χ3n) is 2.42. The number of benzene rings is 1. The first-order chi connectivity index (χ1) is 9.58. The number of halogens is 3. The molecule has 3 rings (SSSR count). The molecule has 0 amide bonds. The third kappa shape index (κ3) is 1.93. The maximum Gasteiger partial charge on any atom is 0.284 e. The molecule has 0 spiro atoms. The molecule has 0 atom stereocenters. The largest absolute Gasteiger partial charge is 0.379 e. The van der Waals surface area contributed by atoms with Crippen molar-refractivity contribution in [2.45, 2.75) is 0 Å². The lowest BCUT2D eigenvalue weighted by Gasteiger charge is -2.00. The van der Waals surface area contributed by atoms with Gasteiger partial charge >= 0.3 is 0 Å². The van der Waals surface area contributed by atoms with Crippen LogP contribution in [0.5, 0.6) is 0 Å². The minimum absolute atomic E-state index is 0.0236. The van der Waals surface area contributed by atoms with Gasteiger partial charge in [0.25, 0.3) is 5.89 Å². The van der Waals surface area contributed by atoms with Crippen molar-refractivity contribution in [1.29, 1.82) is 0 Å². The summed E-state index contributed by atoms with van der Waals surface area (Å²) in [6.45, 7) is 0. The van der Waals surface area contributed by atoms with Gasteiger partial charge in [-0.2, -0.15) is 4.98 Å². The lowest BCUT2D eigenvalue weighted by molar-refractivity contribution is 0.308. The molecule has 3 aromatic rings. The van der Waals surface area contributed by atoms with Gasteiger partial charge in [-0.05, 0) is 38.4 Å². The minimum atomic E-state index is -1.04. The first kappa shape index (κ1) is 12.7. The lowest BCUT2D eigenvalue weighted by atomic mass is 10.2. The van der Waals surface area contributed by atoms with Crippen LogP contribution < -0.4 is 5.73 Å². The van der Waals surface area contributed by atoms with E-state index in [1.165, 1.54) is 6.07 Å². The molecule has 2 N–H and O–H groups in total. The van der Waals surface area contributed by atoms with E-state index >= 15 is 0 Å². The second-order valence-electron chi connectivity index (χ2n) is 3.64. The average Bonchev–Trinajstić information content (AvgIpc) is 3.05. The van der Waals surface area contributed by atoms with Gasteiger partial charge in [0.15, 0.2) is 11.6 Å². The molecule has 2 heterocycles. The molecule has 0 aliphatic rings.